The van der Waals surface area contributed by atoms with E-state index in [2.05, 4.69) is 57.9 Å². The third-order valence-electron chi connectivity index (χ3n) is 8.62. The number of ether oxygens (including phenoxy) is 1. The van der Waals surface area contributed by atoms with E-state index in [9.17, 15) is 4.79 Å². The van der Waals surface area contributed by atoms with Gasteiger partial charge in [-0.2, -0.15) is 0 Å². The second kappa shape index (κ2) is 8.67. The zero-order chi connectivity index (χ0) is 25.1. The number of nitrogens with zero attached hydrogens (tertiary/aromatic N) is 4. The van der Waals surface area contributed by atoms with Crippen LogP contribution < -0.4 is 10.9 Å². The van der Waals surface area contributed by atoms with Crippen LogP contribution in [0.15, 0.2) is 47.7 Å². The average Bonchev–Trinajstić information content (AvgIpc) is 3.23. The molecule has 1 aliphatic heterocycles. The van der Waals surface area contributed by atoms with E-state index in [0.29, 0.717) is 29.9 Å². The molecule has 1 saturated heterocycles. The normalized spacial score (nSPS) is 25.6. The van der Waals surface area contributed by atoms with E-state index in [0.717, 1.165) is 55.1 Å². The molecule has 0 amide bonds. The van der Waals surface area contributed by atoms with E-state index in [1.165, 1.54) is 24.0 Å². The number of rotatable bonds is 7. The largest absolute Gasteiger partial charge is 0.380 e. The van der Waals surface area contributed by atoms with Crippen molar-refractivity contribution in [2.24, 2.45) is 13.0 Å². The van der Waals surface area contributed by atoms with E-state index in [1.807, 2.05) is 22.2 Å². The van der Waals surface area contributed by atoms with Gasteiger partial charge in [-0.1, -0.05) is 19.1 Å². The number of aromatic amines is 1. The highest BCUT2D eigenvalue weighted by atomic mass is 16.5. The zero-order valence-corrected chi connectivity index (χ0v) is 21.5. The molecule has 8 heteroatoms. The van der Waals surface area contributed by atoms with Crippen LogP contribution in [0.1, 0.15) is 67.6 Å². The number of hydrogen-bond donors (Lipinski definition) is 2. The second-order valence-electron chi connectivity index (χ2n) is 11.5. The molecule has 3 aromatic heterocycles. The summed E-state index contributed by atoms with van der Waals surface area (Å²) in [6.45, 7) is 4.57. The van der Waals surface area contributed by atoms with Crippen LogP contribution >= 0.6 is 0 Å². The Morgan fingerprint density at radius 3 is 2.78 bits per heavy atom. The van der Waals surface area contributed by atoms with E-state index in [-0.39, 0.29) is 11.0 Å². The molecule has 4 heterocycles. The smallest absolute Gasteiger partial charge is 0.279 e. The summed E-state index contributed by atoms with van der Waals surface area (Å²) in [6, 6.07) is 11.0. The zero-order valence-electron chi connectivity index (χ0n) is 21.5. The van der Waals surface area contributed by atoms with E-state index >= 15 is 0 Å². The molecule has 0 unspecified atom stereocenters. The molecular weight excluding hydrogens is 464 g/mol. The van der Waals surface area contributed by atoms with Gasteiger partial charge in [0, 0.05) is 49.2 Å². The van der Waals surface area contributed by atoms with Crippen LogP contribution in [0.5, 0.6) is 0 Å². The molecule has 2 aliphatic carbocycles. The molecule has 0 radical (unpaired) electrons. The summed E-state index contributed by atoms with van der Waals surface area (Å²) < 4.78 is 9.38. The Morgan fingerprint density at radius 1 is 1.22 bits per heavy atom. The maximum absolute atomic E-state index is 13.8. The Labute approximate surface area is 216 Å². The van der Waals surface area contributed by atoms with Gasteiger partial charge in [0.2, 0.25) is 0 Å². The SMILES string of the molecule is CC1CC(c2cccc(-n3cc(C4CC4)c4cc(CN[C@H]5CCOC5)[nH]c4c3=O)c2)(c2nncn2C)C1. The Kier molecular flexibility index (Phi) is 5.37. The van der Waals surface area contributed by atoms with Gasteiger partial charge in [-0.25, -0.2) is 0 Å². The average molecular weight is 499 g/mol. The number of hydrogen-bond acceptors (Lipinski definition) is 5. The van der Waals surface area contributed by atoms with Crippen LogP contribution in [0.4, 0.5) is 0 Å². The van der Waals surface area contributed by atoms with Crippen LogP contribution in [0.2, 0.25) is 0 Å². The number of aromatic nitrogens is 5. The first-order valence-corrected chi connectivity index (χ1v) is 13.6. The maximum Gasteiger partial charge on any atom is 0.279 e. The molecule has 3 fully saturated rings. The number of pyridine rings is 1. The van der Waals surface area contributed by atoms with Gasteiger partial charge in [-0.05, 0) is 73.3 Å². The van der Waals surface area contributed by atoms with Crippen LogP contribution in [0, 0.1) is 5.92 Å². The Bertz CT molecular complexity index is 1510. The van der Waals surface area contributed by atoms with Gasteiger partial charge in [-0.15, -0.1) is 10.2 Å². The van der Waals surface area contributed by atoms with Crippen molar-refractivity contribution in [2.45, 2.75) is 62.9 Å². The second-order valence-corrected chi connectivity index (χ2v) is 11.5. The molecular formula is C29H34N6O2. The summed E-state index contributed by atoms with van der Waals surface area (Å²) in [7, 11) is 2.02. The fraction of sp³-hybridized carbons (Fsp3) is 0.483. The highest BCUT2D eigenvalue weighted by molar-refractivity contribution is 5.84. The van der Waals surface area contributed by atoms with Crippen molar-refractivity contribution in [1.82, 2.24) is 29.6 Å². The van der Waals surface area contributed by atoms with Crippen molar-refractivity contribution in [3.8, 4) is 5.69 Å². The van der Waals surface area contributed by atoms with Crippen molar-refractivity contribution in [3.05, 3.63) is 75.9 Å². The Morgan fingerprint density at radius 2 is 2.08 bits per heavy atom. The number of nitrogens with one attached hydrogen (secondary N) is 2. The molecule has 4 aromatic rings. The molecule has 0 spiro atoms. The summed E-state index contributed by atoms with van der Waals surface area (Å²) in [6.07, 6.45) is 9.33. The van der Waals surface area contributed by atoms with Gasteiger partial charge in [0.1, 0.15) is 17.7 Å². The maximum atomic E-state index is 13.8. The molecule has 37 heavy (non-hydrogen) atoms. The molecule has 1 atom stereocenters. The van der Waals surface area contributed by atoms with Crippen LogP contribution in [-0.4, -0.2) is 43.6 Å². The van der Waals surface area contributed by atoms with Crippen LogP contribution in [0.25, 0.3) is 16.6 Å². The quantitative estimate of drug-likeness (QED) is 0.403. The lowest BCUT2D eigenvalue weighted by atomic mass is 9.58. The first-order valence-electron chi connectivity index (χ1n) is 13.6. The van der Waals surface area contributed by atoms with Gasteiger partial charge >= 0.3 is 0 Å². The molecule has 7 rings (SSSR count). The van der Waals surface area contributed by atoms with Gasteiger partial charge < -0.3 is 19.6 Å². The minimum atomic E-state index is -0.164. The highest BCUT2D eigenvalue weighted by Gasteiger charge is 2.48. The summed E-state index contributed by atoms with van der Waals surface area (Å²) in [5.41, 5.74) is 4.97. The Balaban J connectivity index is 1.29. The minimum Gasteiger partial charge on any atom is -0.380 e. The monoisotopic (exact) mass is 498 g/mol. The minimum absolute atomic E-state index is 0.00156. The van der Waals surface area contributed by atoms with E-state index in [1.54, 1.807) is 6.33 Å². The lowest BCUT2D eigenvalue weighted by Gasteiger charge is -2.46. The molecule has 3 aliphatic rings. The predicted molar refractivity (Wildman–Crippen MR) is 142 cm³/mol. The number of benzene rings is 1. The lowest BCUT2D eigenvalue weighted by Crippen LogP contribution is -2.43. The molecule has 192 valence electrons. The number of fused-ring (bicyclic) bond motifs is 1. The number of H-pyrrole nitrogens is 1. The fourth-order valence-electron chi connectivity index (χ4n) is 6.60. The molecule has 0 bridgehead atoms. The highest BCUT2D eigenvalue weighted by Crippen LogP contribution is 2.51. The van der Waals surface area contributed by atoms with Crippen molar-refractivity contribution < 1.29 is 4.74 Å². The lowest BCUT2D eigenvalue weighted by molar-refractivity contribution is 0.185. The van der Waals surface area contributed by atoms with E-state index in [4.69, 9.17) is 4.74 Å². The molecule has 2 N–H and O–H groups in total. The third kappa shape index (κ3) is 3.85. The molecule has 8 nitrogen and oxygen atoms in total. The van der Waals surface area contributed by atoms with Crippen molar-refractivity contribution >= 4 is 10.9 Å². The first-order chi connectivity index (χ1) is 18.0. The van der Waals surface area contributed by atoms with Gasteiger partial charge in [0.05, 0.1) is 12.0 Å². The van der Waals surface area contributed by atoms with E-state index < -0.39 is 0 Å². The van der Waals surface area contributed by atoms with Crippen LogP contribution in [0.3, 0.4) is 0 Å². The summed E-state index contributed by atoms with van der Waals surface area (Å²) >= 11 is 0. The fourth-order valence-corrected chi connectivity index (χ4v) is 6.60. The summed E-state index contributed by atoms with van der Waals surface area (Å²) in [5, 5.41) is 13.3. The van der Waals surface area contributed by atoms with Crippen molar-refractivity contribution in [2.75, 3.05) is 13.2 Å². The van der Waals surface area contributed by atoms with Crippen molar-refractivity contribution in [3.63, 3.8) is 0 Å². The first kappa shape index (κ1) is 22.9. The third-order valence-corrected chi connectivity index (χ3v) is 8.62. The molecule has 2 saturated carbocycles. The van der Waals surface area contributed by atoms with Gasteiger partial charge in [0.15, 0.2) is 0 Å². The number of aryl methyl sites for hydroxylation is 1. The van der Waals surface area contributed by atoms with Crippen LogP contribution in [-0.2, 0) is 23.7 Å². The Hall–Kier alpha value is -3.23. The van der Waals surface area contributed by atoms with Gasteiger partial charge in [-0.3, -0.25) is 9.36 Å². The topological polar surface area (TPSA) is 89.8 Å². The standard InChI is InChI=1S/C29H34N6O2/c1-18-12-29(13-18,28-33-31-17-34(28)2)20-4-3-5-23(10-20)35-15-25(19-6-7-19)24-11-22(32-26(24)27(35)36)14-30-21-8-9-37-16-21/h3-5,10-11,15,17-19,21,30,32H,6-9,12-14,16H2,1-2H3/t18?,21-,29?/m0/s1. The summed E-state index contributed by atoms with van der Waals surface area (Å²) in [4.78, 5) is 17.3. The summed E-state index contributed by atoms with van der Waals surface area (Å²) in [5.74, 6) is 2.15. The molecule has 1 aromatic carbocycles. The van der Waals surface area contributed by atoms with Crippen molar-refractivity contribution in [1.29, 1.82) is 0 Å². The predicted octanol–water partition coefficient (Wildman–Crippen LogP) is 3.92. The van der Waals surface area contributed by atoms with Gasteiger partial charge in [0.25, 0.3) is 5.56 Å².